The summed E-state index contributed by atoms with van der Waals surface area (Å²) in [7, 11) is 0. The van der Waals surface area contributed by atoms with Crippen molar-refractivity contribution < 1.29 is 0 Å². The SMILES string of the molecule is CC1(C)CN(c2nn[nH]n2)CCS1. The Hall–Kier alpha value is -0.780. The highest BCUT2D eigenvalue weighted by molar-refractivity contribution is 8.00. The molecule has 13 heavy (non-hydrogen) atoms. The van der Waals surface area contributed by atoms with Crippen LogP contribution in [0.5, 0.6) is 0 Å². The highest BCUT2D eigenvalue weighted by Crippen LogP contribution is 2.30. The Labute approximate surface area is 81.3 Å². The monoisotopic (exact) mass is 199 g/mol. The van der Waals surface area contributed by atoms with Gasteiger partial charge in [0.1, 0.15) is 0 Å². The van der Waals surface area contributed by atoms with E-state index in [0.717, 1.165) is 18.8 Å². The maximum atomic E-state index is 3.97. The molecule has 1 saturated heterocycles. The quantitative estimate of drug-likeness (QED) is 0.715. The molecule has 1 aromatic heterocycles. The Balaban J connectivity index is 2.09. The number of tetrazole rings is 1. The molecular weight excluding hydrogens is 186 g/mol. The van der Waals surface area contributed by atoms with Crippen LogP contribution in [0.15, 0.2) is 0 Å². The highest BCUT2D eigenvalue weighted by atomic mass is 32.2. The van der Waals surface area contributed by atoms with Crippen LogP contribution in [0.25, 0.3) is 0 Å². The third kappa shape index (κ3) is 1.93. The standard InChI is InChI=1S/C7H13N5S/c1-7(2)5-12(3-4-13-7)6-8-10-11-9-6/h3-5H2,1-2H3,(H,8,9,10,11). The summed E-state index contributed by atoms with van der Waals surface area (Å²) in [6, 6.07) is 0. The summed E-state index contributed by atoms with van der Waals surface area (Å²) in [5, 5.41) is 14.0. The number of hydrogen-bond acceptors (Lipinski definition) is 5. The van der Waals surface area contributed by atoms with Gasteiger partial charge in [0, 0.05) is 23.6 Å². The third-order valence-electron chi connectivity index (χ3n) is 2.04. The van der Waals surface area contributed by atoms with Gasteiger partial charge in [-0.25, -0.2) is 0 Å². The molecule has 0 bridgehead atoms. The Morgan fingerprint density at radius 1 is 1.54 bits per heavy atom. The lowest BCUT2D eigenvalue weighted by molar-refractivity contribution is 0.636. The number of nitrogens with zero attached hydrogens (tertiary/aromatic N) is 4. The first-order valence-corrected chi connectivity index (χ1v) is 5.28. The Kier molecular flexibility index (Phi) is 2.15. The van der Waals surface area contributed by atoms with E-state index in [1.807, 2.05) is 11.8 Å². The molecule has 0 unspecified atom stereocenters. The Morgan fingerprint density at radius 3 is 3.00 bits per heavy atom. The minimum absolute atomic E-state index is 0.291. The van der Waals surface area contributed by atoms with Gasteiger partial charge in [-0.3, -0.25) is 0 Å². The van der Waals surface area contributed by atoms with Gasteiger partial charge in [-0.1, -0.05) is 5.10 Å². The van der Waals surface area contributed by atoms with E-state index in [4.69, 9.17) is 0 Å². The molecule has 0 aromatic carbocycles. The maximum Gasteiger partial charge on any atom is 0.265 e. The van der Waals surface area contributed by atoms with Crippen LogP contribution in [0, 0.1) is 0 Å². The van der Waals surface area contributed by atoms with Crippen molar-refractivity contribution >= 4 is 17.7 Å². The lowest BCUT2D eigenvalue weighted by Crippen LogP contribution is -2.43. The van der Waals surface area contributed by atoms with Crippen LogP contribution in [0.3, 0.4) is 0 Å². The Bertz CT molecular complexity index is 270. The first kappa shape index (κ1) is 8.80. The van der Waals surface area contributed by atoms with Crippen molar-refractivity contribution in [3.63, 3.8) is 0 Å². The second-order valence-corrected chi connectivity index (χ2v) is 5.54. The molecule has 1 aliphatic heterocycles. The van der Waals surface area contributed by atoms with E-state index in [1.165, 1.54) is 0 Å². The van der Waals surface area contributed by atoms with Crippen molar-refractivity contribution in [2.45, 2.75) is 18.6 Å². The number of aromatic nitrogens is 4. The second kappa shape index (κ2) is 3.17. The Morgan fingerprint density at radius 2 is 2.38 bits per heavy atom. The zero-order chi connectivity index (χ0) is 9.31. The van der Waals surface area contributed by atoms with Crippen molar-refractivity contribution in [1.82, 2.24) is 20.6 Å². The van der Waals surface area contributed by atoms with Crippen LogP contribution in [-0.4, -0.2) is 44.2 Å². The van der Waals surface area contributed by atoms with E-state index in [1.54, 1.807) is 0 Å². The molecule has 0 spiro atoms. The van der Waals surface area contributed by atoms with Crippen molar-refractivity contribution in [3.05, 3.63) is 0 Å². The van der Waals surface area contributed by atoms with Crippen molar-refractivity contribution in [1.29, 1.82) is 0 Å². The molecule has 0 saturated carbocycles. The fourth-order valence-electron chi connectivity index (χ4n) is 1.48. The average Bonchev–Trinajstić information content (AvgIpc) is 2.53. The van der Waals surface area contributed by atoms with E-state index in [2.05, 4.69) is 39.4 Å². The molecular formula is C7H13N5S. The number of rotatable bonds is 1. The molecule has 2 heterocycles. The second-order valence-electron chi connectivity index (χ2n) is 3.74. The molecule has 0 radical (unpaired) electrons. The number of thioether (sulfide) groups is 1. The number of anilines is 1. The number of hydrogen-bond donors (Lipinski definition) is 1. The first-order chi connectivity index (χ1) is 6.17. The zero-order valence-electron chi connectivity index (χ0n) is 7.82. The summed E-state index contributed by atoms with van der Waals surface area (Å²) < 4.78 is 0.291. The molecule has 0 amide bonds. The number of H-pyrrole nitrogens is 1. The average molecular weight is 199 g/mol. The van der Waals surface area contributed by atoms with Gasteiger partial charge >= 0.3 is 0 Å². The van der Waals surface area contributed by atoms with Gasteiger partial charge in [0.05, 0.1) is 0 Å². The largest absolute Gasteiger partial charge is 0.336 e. The lowest BCUT2D eigenvalue weighted by Gasteiger charge is -2.36. The van der Waals surface area contributed by atoms with Crippen molar-refractivity contribution in [2.75, 3.05) is 23.7 Å². The van der Waals surface area contributed by atoms with E-state index in [9.17, 15) is 0 Å². The maximum absolute atomic E-state index is 3.97. The van der Waals surface area contributed by atoms with Gasteiger partial charge in [0.2, 0.25) is 0 Å². The van der Waals surface area contributed by atoms with Gasteiger partial charge in [-0.05, 0) is 19.1 Å². The predicted molar refractivity (Wildman–Crippen MR) is 52.9 cm³/mol. The summed E-state index contributed by atoms with van der Waals surface area (Å²) in [4.78, 5) is 2.17. The number of nitrogens with one attached hydrogen (secondary N) is 1. The highest BCUT2D eigenvalue weighted by Gasteiger charge is 2.28. The van der Waals surface area contributed by atoms with Crippen molar-refractivity contribution in [2.24, 2.45) is 0 Å². The fraction of sp³-hybridized carbons (Fsp3) is 0.857. The summed E-state index contributed by atoms with van der Waals surface area (Å²) in [5.74, 6) is 1.84. The minimum Gasteiger partial charge on any atom is -0.336 e. The van der Waals surface area contributed by atoms with Gasteiger partial charge in [-0.2, -0.15) is 17.0 Å². The summed E-state index contributed by atoms with van der Waals surface area (Å²) in [6.45, 7) is 6.47. The summed E-state index contributed by atoms with van der Waals surface area (Å²) in [5.41, 5.74) is 0. The van der Waals surface area contributed by atoms with Crippen LogP contribution < -0.4 is 4.90 Å². The lowest BCUT2D eigenvalue weighted by atomic mass is 10.2. The topological polar surface area (TPSA) is 57.7 Å². The van der Waals surface area contributed by atoms with E-state index >= 15 is 0 Å². The van der Waals surface area contributed by atoms with Gasteiger partial charge in [0.15, 0.2) is 0 Å². The zero-order valence-corrected chi connectivity index (χ0v) is 8.63. The normalized spacial score (nSPS) is 21.8. The van der Waals surface area contributed by atoms with Gasteiger partial charge in [-0.15, -0.1) is 5.10 Å². The van der Waals surface area contributed by atoms with Gasteiger partial charge in [0.25, 0.3) is 5.95 Å². The molecule has 6 heteroatoms. The molecule has 0 aliphatic carbocycles. The van der Waals surface area contributed by atoms with Crippen LogP contribution in [-0.2, 0) is 0 Å². The smallest absolute Gasteiger partial charge is 0.265 e. The van der Waals surface area contributed by atoms with E-state index in [-0.39, 0.29) is 0 Å². The van der Waals surface area contributed by atoms with Crippen LogP contribution in [0.1, 0.15) is 13.8 Å². The molecule has 2 rings (SSSR count). The molecule has 1 aromatic rings. The summed E-state index contributed by atoms with van der Waals surface area (Å²) in [6.07, 6.45) is 0. The van der Waals surface area contributed by atoms with E-state index < -0.39 is 0 Å². The predicted octanol–water partition coefficient (Wildman–Crippen LogP) is 0.531. The van der Waals surface area contributed by atoms with Crippen LogP contribution in [0.4, 0.5) is 5.95 Å². The van der Waals surface area contributed by atoms with Crippen LogP contribution >= 0.6 is 11.8 Å². The first-order valence-electron chi connectivity index (χ1n) is 4.30. The minimum atomic E-state index is 0.291. The van der Waals surface area contributed by atoms with Gasteiger partial charge < -0.3 is 4.90 Å². The summed E-state index contributed by atoms with van der Waals surface area (Å²) >= 11 is 1.99. The molecule has 1 fully saturated rings. The molecule has 1 N–H and O–H groups in total. The van der Waals surface area contributed by atoms with Crippen molar-refractivity contribution in [3.8, 4) is 0 Å². The third-order valence-corrected chi connectivity index (χ3v) is 3.34. The molecule has 0 atom stereocenters. The molecule has 5 nitrogen and oxygen atoms in total. The fourth-order valence-corrected chi connectivity index (χ4v) is 2.59. The number of aromatic amines is 1. The molecule has 1 aliphatic rings. The van der Waals surface area contributed by atoms with Crippen LogP contribution in [0.2, 0.25) is 0 Å². The van der Waals surface area contributed by atoms with E-state index in [0.29, 0.717) is 10.7 Å². The molecule has 72 valence electrons.